The van der Waals surface area contributed by atoms with Crippen LogP contribution in [0, 0.1) is 0 Å². The lowest BCUT2D eigenvalue weighted by molar-refractivity contribution is -0.142. The van der Waals surface area contributed by atoms with E-state index in [1.165, 1.54) is 19.3 Å². The van der Waals surface area contributed by atoms with Crippen molar-refractivity contribution in [3.8, 4) is 0 Å². The number of nitrogens with one attached hydrogen (secondary N) is 2. The average Bonchev–Trinajstić information content (AvgIpc) is 2.85. The van der Waals surface area contributed by atoms with Crippen LogP contribution in [0.15, 0.2) is 35.1 Å². The molecule has 1 saturated heterocycles. The number of aliphatic hydroxyl groups is 1. The van der Waals surface area contributed by atoms with E-state index in [9.17, 15) is 19.2 Å². The lowest BCUT2D eigenvalue weighted by Crippen LogP contribution is -2.36. The van der Waals surface area contributed by atoms with Gasteiger partial charge in [-0.15, -0.1) is 0 Å². The zero-order chi connectivity index (χ0) is 27.1. The van der Waals surface area contributed by atoms with E-state index in [2.05, 4.69) is 15.2 Å². The molecule has 0 bridgehead atoms. The van der Waals surface area contributed by atoms with Crippen molar-refractivity contribution in [2.45, 2.75) is 32.6 Å². The molecule has 0 radical (unpaired) electrons. The van der Waals surface area contributed by atoms with E-state index in [0.29, 0.717) is 13.2 Å². The van der Waals surface area contributed by atoms with Crippen LogP contribution in [0.1, 0.15) is 42.1 Å². The summed E-state index contributed by atoms with van der Waals surface area (Å²) in [6.07, 6.45) is 3.88. The Morgan fingerprint density at radius 3 is 2.31 bits per heavy atom. The first kappa shape index (κ1) is 30.6. The zero-order valence-corrected chi connectivity index (χ0v) is 21.3. The van der Waals surface area contributed by atoms with Crippen molar-refractivity contribution in [2.75, 3.05) is 44.4 Å². The van der Waals surface area contributed by atoms with E-state index in [1.807, 2.05) is 24.3 Å². The number of hydrogen-bond donors (Lipinski definition) is 5. The molecule has 1 aliphatic rings. The first-order valence-electron chi connectivity index (χ1n) is 11.4. The van der Waals surface area contributed by atoms with E-state index in [-0.39, 0.29) is 34.7 Å². The number of ether oxygens (including phenoxy) is 1. The highest BCUT2D eigenvalue weighted by atomic mass is 35.5. The van der Waals surface area contributed by atoms with Gasteiger partial charge >= 0.3 is 5.97 Å². The van der Waals surface area contributed by atoms with Crippen LogP contribution in [0.2, 0.25) is 5.02 Å². The number of primary amides is 1. The molecule has 36 heavy (non-hydrogen) atoms. The number of hydrogen-bond acceptors (Lipinski definition) is 8. The summed E-state index contributed by atoms with van der Waals surface area (Å²) in [5.74, 6) is -1.03. The maximum absolute atomic E-state index is 12.0. The third-order valence-electron chi connectivity index (χ3n) is 4.99. The van der Waals surface area contributed by atoms with Gasteiger partial charge in [0.25, 0.3) is 11.5 Å². The van der Waals surface area contributed by atoms with Gasteiger partial charge in [0.2, 0.25) is 5.91 Å². The molecule has 3 rings (SSSR count). The number of carbonyl (C=O) groups is 3. The lowest BCUT2D eigenvalue weighted by atomic mass is 10.1. The first-order chi connectivity index (χ1) is 17.2. The number of nitrogens with zero attached hydrogens (tertiary/aromatic N) is 1. The van der Waals surface area contributed by atoms with Gasteiger partial charge in [-0.25, -0.2) is 0 Å². The second-order valence-electron chi connectivity index (χ2n) is 7.70. The van der Waals surface area contributed by atoms with Crippen LogP contribution >= 0.6 is 11.6 Å². The molecule has 1 aromatic heterocycles. The fourth-order valence-corrected chi connectivity index (χ4v) is 3.46. The number of aliphatic hydroxyl groups excluding tert-OH is 1. The van der Waals surface area contributed by atoms with Crippen LogP contribution in [0.25, 0.3) is 0 Å². The summed E-state index contributed by atoms with van der Waals surface area (Å²) >= 11 is 5.53. The quantitative estimate of drug-likeness (QED) is 0.338. The van der Waals surface area contributed by atoms with E-state index < -0.39 is 11.5 Å². The third-order valence-corrected chi connectivity index (χ3v) is 5.31. The summed E-state index contributed by atoms with van der Waals surface area (Å²) in [6.45, 7) is 4.64. The van der Waals surface area contributed by atoms with Crippen LogP contribution in [0.3, 0.4) is 0 Å². The summed E-state index contributed by atoms with van der Waals surface area (Å²) in [7, 11) is 1.00. The summed E-state index contributed by atoms with van der Waals surface area (Å²) < 4.78 is 4.91. The minimum absolute atomic E-state index is 0.0139. The van der Waals surface area contributed by atoms with Gasteiger partial charge in [-0.1, -0.05) is 30.2 Å². The zero-order valence-electron chi connectivity index (χ0n) is 20.5. The maximum Gasteiger partial charge on any atom is 0.310 e. The Labute approximate surface area is 214 Å². The van der Waals surface area contributed by atoms with E-state index in [4.69, 9.17) is 32.9 Å². The molecule has 0 spiro atoms. The fraction of sp³-hybridized carbons (Fsp3) is 0.417. The van der Waals surface area contributed by atoms with Gasteiger partial charge in [0.15, 0.2) is 0 Å². The summed E-state index contributed by atoms with van der Waals surface area (Å²) in [4.78, 5) is 49.3. The number of H-pyrrole nitrogens is 1. The molecule has 0 atom stereocenters. The van der Waals surface area contributed by atoms with Crippen molar-refractivity contribution < 1.29 is 24.2 Å². The van der Waals surface area contributed by atoms with Crippen molar-refractivity contribution >= 4 is 40.9 Å². The van der Waals surface area contributed by atoms with Gasteiger partial charge in [0.05, 0.1) is 24.6 Å². The molecule has 2 heterocycles. The number of halogens is 1. The Balaban J connectivity index is 0.000000391. The van der Waals surface area contributed by atoms with Crippen LogP contribution in [-0.4, -0.2) is 66.1 Å². The van der Waals surface area contributed by atoms with E-state index in [1.54, 1.807) is 6.92 Å². The fourth-order valence-electron chi connectivity index (χ4n) is 3.31. The molecule has 1 aromatic carbocycles. The van der Waals surface area contributed by atoms with Crippen molar-refractivity contribution in [3.05, 3.63) is 56.8 Å². The first-order valence-corrected chi connectivity index (χ1v) is 11.8. The van der Waals surface area contributed by atoms with Gasteiger partial charge in [-0.3, -0.25) is 24.1 Å². The predicted molar refractivity (Wildman–Crippen MR) is 139 cm³/mol. The molecule has 12 heteroatoms. The van der Waals surface area contributed by atoms with Crippen molar-refractivity contribution in [3.63, 3.8) is 0 Å². The van der Waals surface area contributed by atoms with Gasteiger partial charge < -0.3 is 31.6 Å². The minimum Gasteiger partial charge on any atom is -0.466 e. The number of carbonyl (C=O) groups excluding carboxylic acids is 3. The van der Waals surface area contributed by atoms with Crippen LogP contribution in [0.5, 0.6) is 0 Å². The molecule has 7 N–H and O–H groups in total. The molecule has 2 amide bonds. The normalized spacial score (nSPS) is 12.8. The van der Waals surface area contributed by atoms with Crippen LogP contribution in [0.4, 0.5) is 11.5 Å². The third kappa shape index (κ3) is 10.9. The summed E-state index contributed by atoms with van der Waals surface area (Å²) in [5, 5.41) is 10.00. The second-order valence-corrected chi connectivity index (χ2v) is 8.11. The number of esters is 1. The minimum atomic E-state index is -0.835. The highest BCUT2D eigenvalue weighted by Gasteiger charge is 2.14. The standard InChI is InChI=1S/C17H24N2O3.C6H6ClN3O2.CH4O/c1-2-22-17(21)12-14-6-8-15(9-7-14)18-16(20)13-19-10-4-3-5-11-19;7-3-1-2(5(9)11)6(12)10-4(3)8;1-2/h6-9H,2-5,10-13H2,1H3,(H,18,20);1H,(H2,9,11)(H3,8,10,12);2H,1H3. The number of piperidine rings is 1. The molecule has 1 fully saturated rings. The molecule has 2 aromatic rings. The molecule has 198 valence electrons. The number of anilines is 2. The number of nitrogen functional groups attached to an aromatic ring is 1. The topological polar surface area (TPSA) is 181 Å². The van der Waals surface area contributed by atoms with Crippen molar-refractivity contribution in [1.29, 1.82) is 0 Å². The smallest absolute Gasteiger partial charge is 0.310 e. The highest BCUT2D eigenvalue weighted by molar-refractivity contribution is 6.33. The number of rotatable bonds is 7. The molecule has 0 saturated carbocycles. The summed E-state index contributed by atoms with van der Waals surface area (Å²) in [6, 6.07) is 8.46. The average molecular weight is 524 g/mol. The number of amides is 2. The number of aromatic amines is 1. The number of likely N-dealkylation sites (tertiary alicyclic amines) is 1. The monoisotopic (exact) mass is 523 g/mol. The Morgan fingerprint density at radius 2 is 1.75 bits per heavy atom. The largest absolute Gasteiger partial charge is 0.466 e. The van der Waals surface area contributed by atoms with Gasteiger partial charge in [-0.05, 0) is 56.6 Å². The van der Waals surface area contributed by atoms with E-state index in [0.717, 1.165) is 37.5 Å². The Bertz CT molecular complexity index is 1050. The molecular formula is C24H34ClN5O6. The van der Waals surface area contributed by atoms with Gasteiger partial charge in [0, 0.05) is 12.8 Å². The molecular weight excluding hydrogens is 490 g/mol. The number of aromatic nitrogens is 1. The van der Waals surface area contributed by atoms with Crippen LogP contribution < -0.4 is 22.3 Å². The van der Waals surface area contributed by atoms with E-state index >= 15 is 0 Å². The molecule has 0 unspecified atom stereocenters. The molecule has 1 aliphatic heterocycles. The Morgan fingerprint density at radius 1 is 1.14 bits per heavy atom. The number of pyridine rings is 1. The summed E-state index contributed by atoms with van der Waals surface area (Å²) in [5.41, 5.74) is 10.9. The number of benzene rings is 1. The maximum atomic E-state index is 12.0. The molecule has 0 aliphatic carbocycles. The second kappa shape index (κ2) is 16.3. The number of nitrogens with two attached hydrogens (primary N) is 2. The lowest BCUT2D eigenvalue weighted by Gasteiger charge is -2.25. The van der Waals surface area contributed by atoms with Gasteiger partial charge in [0.1, 0.15) is 11.4 Å². The van der Waals surface area contributed by atoms with Crippen molar-refractivity contribution in [1.82, 2.24) is 9.88 Å². The molecule has 11 nitrogen and oxygen atoms in total. The Kier molecular flexibility index (Phi) is 13.9. The predicted octanol–water partition coefficient (Wildman–Crippen LogP) is 1.53. The SMILES string of the molecule is CCOC(=O)Cc1ccc(NC(=O)CN2CCCCC2)cc1.CO.NC(=O)c1cc(Cl)c(N)[nH]c1=O. The van der Waals surface area contributed by atoms with Gasteiger partial charge in [-0.2, -0.15) is 0 Å². The van der Waals surface area contributed by atoms with Crippen molar-refractivity contribution in [2.24, 2.45) is 5.73 Å². The Hall–Kier alpha value is -3.41. The highest BCUT2D eigenvalue weighted by Crippen LogP contribution is 2.14. The van der Waals surface area contributed by atoms with Crippen LogP contribution in [-0.2, 0) is 20.7 Å².